The summed E-state index contributed by atoms with van der Waals surface area (Å²) in [6.07, 6.45) is 5.05. The molecule has 26 heavy (non-hydrogen) atoms. The van der Waals surface area contributed by atoms with Crippen LogP contribution in [0, 0.1) is 0 Å². The van der Waals surface area contributed by atoms with Crippen molar-refractivity contribution in [2.75, 3.05) is 0 Å². The Morgan fingerprint density at radius 1 is 0.885 bits per heavy atom. The summed E-state index contributed by atoms with van der Waals surface area (Å²) in [5.74, 6) is -0.0774. The minimum atomic E-state index is -0.0774. The van der Waals surface area contributed by atoms with Gasteiger partial charge < -0.3 is 4.90 Å². The number of amides is 1. The third-order valence-corrected chi connectivity index (χ3v) is 4.23. The molecule has 0 atom stereocenters. The van der Waals surface area contributed by atoms with Gasteiger partial charge in [-0.25, -0.2) is 9.50 Å². The molecule has 0 aliphatic heterocycles. The maximum atomic E-state index is 13.3. The fraction of sp³-hybridized carbons (Fsp3) is 0.0952. The zero-order valence-corrected chi connectivity index (χ0v) is 14.2. The Labute approximate surface area is 151 Å². The van der Waals surface area contributed by atoms with Gasteiger partial charge in [0.25, 0.3) is 5.91 Å². The monoisotopic (exact) mass is 342 g/mol. The van der Waals surface area contributed by atoms with Crippen molar-refractivity contribution < 1.29 is 4.79 Å². The number of carbonyl (C=O) groups excluding carboxylic acids is 1. The van der Waals surface area contributed by atoms with Gasteiger partial charge in [-0.2, -0.15) is 5.10 Å². The van der Waals surface area contributed by atoms with Crippen LogP contribution in [0.25, 0.3) is 5.65 Å². The Bertz CT molecular complexity index is 970. The Morgan fingerprint density at radius 2 is 1.50 bits per heavy atom. The standard InChI is InChI=1S/C21H18N4O/c26-21(19-14-23-25-13-7-12-22-20(19)25)24(15-17-8-3-1-4-9-17)16-18-10-5-2-6-11-18/h1-14H,15-16H2. The largest absolute Gasteiger partial charge is 0.330 e. The summed E-state index contributed by atoms with van der Waals surface area (Å²) in [4.78, 5) is 19.4. The van der Waals surface area contributed by atoms with Gasteiger partial charge in [0.1, 0.15) is 5.56 Å². The third-order valence-electron chi connectivity index (χ3n) is 4.23. The quantitative estimate of drug-likeness (QED) is 0.557. The maximum absolute atomic E-state index is 13.3. The maximum Gasteiger partial charge on any atom is 0.259 e. The summed E-state index contributed by atoms with van der Waals surface area (Å²) in [5, 5.41) is 4.24. The molecule has 4 rings (SSSR count). The number of hydrogen-bond donors (Lipinski definition) is 0. The van der Waals surface area contributed by atoms with E-state index in [1.807, 2.05) is 65.6 Å². The predicted molar refractivity (Wildman–Crippen MR) is 99.4 cm³/mol. The molecule has 2 aromatic heterocycles. The van der Waals surface area contributed by atoms with Crippen LogP contribution in [0.1, 0.15) is 21.5 Å². The topological polar surface area (TPSA) is 50.5 Å². The molecule has 5 nitrogen and oxygen atoms in total. The fourth-order valence-electron chi connectivity index (χ4n) is 2.96. The molecule has 0 aliphatic rings. The van der Waals surface area contributed by atoms with E-state index in [0.29, 0.717) is 24.3 Å². The van der Waals surface area contributed by atoms with E-state index in [4.69, 9.17) is 0 Å². The van der Waals surface area contributed by atoms with Gasteiger partial charge in [-0.05, 0) is 17.2 Å². The van der Waals surface area contributed by atoms with Gasteiger partial charge in [-0.1, -0.05) is 60.7 Å². The summed E-state index contributed by atoms with van der Waals surface area (Å²) < 4.78 is 1.62. The molecule has 0 radical (unpaired) electrons. The van der Waals surface area contributed by atoms with Crippen molar-refractivity contribution in [1.29, 1.82) is 0 Å². The van der Waals surface area contributed by atoms with Crippen molar-refractivity contribution in [3.63, 3.8) is 0 Å². The van der Waals surface area contributed by atoms with Crippen LogP contribution in [-0.2, 0) is 13.1 Å². The first kappa shape index (κ1) is 16.0. The van der Waals surface area contributed by atoms with Crippen LogP contribution in [0.5, 0.6) is 0 Å². The van der Waals surface area contributed by atoms with E-state index in [1.54, 1.807) is 29.2 Å². The Hall–Kier alpha value is -3.47. The number of carbonyl (C=O) groups is 1. The number of rotatable bonds is 5. The first-order chi connectivity index (χ1) is 12.8. The zero-order chi connectivity index (χ0) is 17.8. The highest BCUT2D eigenvalue weighted by atomic mass is 16.2. The van der Waals surface area contributed by atoms with E-state index in [0.717, 1.165) is 11.1 Å². The van der Waals surface area contributed by atoms with E-state index in [-0.39, 0.29) is 5.91 Å². The van der Waals surface area contributed by atoms with E-state index < -0.39 is 0 Å². The number of aromatic nitrogens is 3. The van der Waals surface area contributed by atoms with Crippen LogP contribution < -0.4 is 0 Å². The van der Waals surface area contributed by atoms with Gasteiger partial charge in [0.2, 0.25) is 0 Å². The van der Waals surface area contributed by atoms with Crippen LogP contribution in [0.15, 0.2) is 85.3 Å². The first-order valence-corrected chi connectivity index (χ1v) is 8.47. The summed E-state index contributed by atoms with van der Waals surface area (Å²) in [7, 11) is 0. The highest BCUT2D eigenvalue weighted by Gasteiger charge is 2.21. The van der Waals surface area contributed by atoms with Crippen molar-refractivity contribution in [3.05, 3.63) is 102 Å². The van der Waals surface area contributed by atoms with E-state index >= 15 is 0 Å². The Balaban J connectivity index is 1.68. The second-order valence-corrected chi connectivity index (χ2v) is 6.08. The molecule has 2 aromatic carbocycles. The number of hydrogen-bond acceptors (Lipinski definition) is 3. The molecule has 128 valence electrons. The van der Waals surface area contributed by atoms with Gasteiger partial charge in [0, 0.05) is 25.5 Å². The van der Waals surface area contributed by atoms with E-state index in [2.05, 4.69) is 10.1 Å². The molecule has 0 fully saturated rings. The van der Waals surface area contributed by atoms with Crippen molar-refractivity contribution in [2.24, 2.45) is 0 Å². The summed E-state index contributed by atoms with van der Waals surface area (Å²) >= 11 is 0. The van der Waals surface area contributed by atoms with Crippen LogP contribution in [0.4, 0.5) is 0 Å². The van der Waals surface area contributed by atoms with Crippen LogP contribution >= 0.6 is 0 Å². The molecule has 0 aliphatic carbocycles. The number of fused-ring (bicyclic) bond motifs is 1. The summed E-state index contributed by atoms with van der Waals surface area (Å²) in [5.41, 5.74) is 3.25. The van der Waals surface area contributed by atoms with Gasteiger partial charge in [0.15, 0.2) is 5.65 Å². The van der Waals surface area contributed by atoms with Gasteiger partial charge in [-0.3, -0.25) is 4.79 Å². The SMILES string of the molecule is O=C(c1cnn2cccnc12)N(Cc1ccccc1)Cc1ccccc1. The highest BCUT2D eigenvalue weighted by molar-refractivity contribution is 5.99. The normalized spacial score (nSPS) is 10.8. The molecule has 0 spiro atoms. The molecule has 1 amide bonds. The van der Waals surface area contributed by atoms with Crippen molar-refractivity contribution >= 4 is 11.6 Å². The van der Waals surface area contributed by atoms with Crippen LogP contribution in [0.2, 0.25) is 0 Å². The second kappa shape index (κ2) is 7.19. The van der Waals surface area contributed by atoms with Gasteiger partial charge in [0.05, 0.1) is 6.20 Å². The van der Waals surface area contributed by atoms with E-state index in [9.17, 15) is 4.79 Å². The molecular weight excluding hydrogens is 324 g/mol. The van der Waals surface area contributed by atoms with Gasteiger partial charge in [-0.15, -0.1) is 0 Å². The summed E-state index contributed by atoms with van der Waals surface area (Å²) in [6.45, 7) is 1.05. The molecular formula is C21H18N4O. The predicted octanol–water partition coefficient (Wildman–Crippen LogP) is 3.57. The lowest BCUT2D eigenvalue weighted by atomic mass is 10.1. The highest BCUT2D eigenvalue weighted by Crippen LogP contribution is 2.16. The molecule has 0 N–H and O–H groups in total. The van der Waals surface area contributed by atoms with Crippen molar-refractivity contribution in [3.8, 4) is 0 Å². The molecule has 2 heterocycles. The minimum absolute atomic E-state index is 0.0774. The van der Waals surface area contributed by atoms with Crippen LogP contribution in [-0.4, -0.2) is 25.4 Å². The molecule has 0 bridgehead atoms. The molecule has 0 saturated carbocycles. The minimum Gasteiger partial charge on any atom is -0.330 e. The van der Waals surface area contributed by atoms with Crippen LogP contribution in [0.3, 0.4) is 0 Å². The Kier molecular flexibility index (Phi) is 4.43. The second-order valence-electron chi connectivity index (χ2n) is 6.08. The average Bonchev–Trinajstić information content (AvgIpc) is 3.13. The lowest BCUT2D eigenvalue weighted by Gasteiger charge is -2.22. The van der Waals surface area contributed by atoms with Crippen molar-refractivity contribution in [1.82, 2.24) is 19.5 Å². The smallest absolute Gasteiger partial charge is 0.259 e. The first-order valence-electron chi connectivity index (χ1n) is 8.47. The summed E-state index contributed by atoms with van der Waals surface area (Å²) in [6, 6.07) is 21.8. The number of benzene rings is 2. The van der Waals surface area contributed by atoms with E-state index in [1.165, 1.54) is 0 Å². The molecule has 0 unspecified atom stereocenters. The lowest BCUT2D eigenvalue weighted by Crippen LogP contribution is -2.30. The zero-order valence-electron chi connectivity index (χ0n) is 14.2. The van der Waals surface area contributed by atoms with Crippen molar-refractivity contribution in [2.45, 2.75) is 13.1 Å². The molecule has 0 saturated heterocycles. The average molecular weight is 342 g/mol. The Morgan fingerprint density at radius 3 is 2.12 bits per heavy atom. The molecule has 4 aromatic rings. The fourth-order valence-corrected chi connectivity index (χ4v) is 2.96. The molecule has 5 heteroatoms. The lowest BCUT2D eigenvalue weighted by molar-refractivity contribution is 0.0732. The number of nitrogens with zero attached hydrogens (tertiary/aromatic N) is 4. The third kappa shape index (κ3) is 3.32. The van der Waals surface area contributed by atoms with Gasteiger partial charge >= 0.3 is 0 Å².